The number of hydrogen-bond acceptors (Lipinski definition) is 4. The van der Waals surface area contributed by atoms with Crippen LogP contribution in [0.3, 0.4) is 0 Å². The topological polar surface area (TPSA) is 44.7 Å². The van der Waals surface area contributed by atoms with E-state index in [2.05, 4.69) is 10.2 Å². The maximum Gasteiger partial charge on any atom is 0.0679 e. The molecule has 3 fully saturated rings. The van der Waals surface area contributed by atoms with E-state index in [-0.39, 0.29) is 6.10 Å². The number of β-amino-alcohol motifs (C(OH)–C–C–N with tert-alkyl or cyclic N) is 1. The third kappa shape index (κ3) is 3.23. The fraction of sp³-hybridized carbons (Fsp3) is 1.00. The van der Waals surface area contributed by atoms with Crippen LogP contribution in [0.1, 0.15) is 32.1 Å². The number of hydrogen-bond donors (Lipinski definition) is 2. The summed E-state index contributed by atoms with van der Waals surface area (Å²) in [5.74, 6) is 0. The Morgan fingerprint density at radius 2 is 2.00 bits per heavy atom. The number of aliphatic hydroxyl groups is 1. The molecule has 0 aromatic heterocycles. The van der Waals surface area contributed by atoms with Crippen LogP contribution in [0.2, 0.25) is 0 Å². The summed E-state index contributed by atoms with van der Waals surface area (Å²) in [6, 6.07) is 0.786. The summed E-state index contributed by atoms with van der Waals surface area (Å²) in [5, 5.41) is 13.4. The molecule has 0 aromatic rings. The molecule has 2 heterocycles. The van der Waals surface area contributed by atoms with Gasteiger partial charge in [0.2, 0.25) is 0 Å². The molecule has 3 aliphatic rings. The lowest BCUT2D eigenvalue weighted by atomic mass is 9.79. The van der Waals surface area contributed by atoms with Gasteiger partial charge in [0.05, 0.1) is 6.10 Å². The van der Waals surface area contributed by atoms with Crippen molar-refractivity contribution >= 4 is 0 Å². The van der Waals surface area contributed by atoms with Gasteiger partial charge < -0.3 is 20.1 Å². The Bertz CT molecular complexity index is 275. The molecule has 0 aromatic carbocycles. The first kappa shape index (κ1) is 12.9. The van der Waals surface area contributed by atoms with E-state index in [1.807, 2.05) is 0 Å². The highest BCUT2D eigenvalue weighted by Gasteiger charge is 2.37. The Morgan fingerprint density at radius 1 is 1.22 bits per heavy atom. The molecule has 4 heteroatoms. The lowest BCUT2D eigenvalue weighted by molar-refractivity contribution is -0.00263. The van der Waals surface area contributed by atoms with Gasteiger partial charge in [-0.05, 0) is 37.5 Å². The summed E-state index contributed by atoms with van der Waals surface area (Å²) in [6.07, 6.45) is 5.89. The molecular weight excluding hydrogens is 228 g/mol. The lowest BCUT2D eigenvalue weighted by Crippen LogP contribution is -2.47. The van der Waals surface area contributed by atoms with Crippen LogP contribution in [-0.2, 0) is 4.74 Å². The molecule has 1 aliphatic carbocycles. The molecular formula is C14H26N2O2. The zero-order chi connectivity index (χ0) is 12.4. The Balaban J connectivity index is 1.56. The second-order valence-electron chi connectivity index (χ2n) is 6.45. The molecule has 3 rings (SSSR count). The zero-order valence-corrected chi connectivity index (χ0v) is 11.2. The summed E-state index contributed by atoms with van der Waals surface area (Å²) in [5.41, 5.74) is 0.380. The maximum absolute atomic E-state index is 9.66. The van der Waals surface area contributed by atoms with E-state index in [0.717, 1.165) is 51.9 Å². The highest BCUT2D eigenvalue weighted by molar-refractivity contribution is 4.92. The standard InChI is InChI=1S/C14H26N2O2/c17-13-3-6-16(9-13)11-14(4-7-18-8-5-14)10-15-12-1-2-12/h12-13,15,17H,1-11H2. The first-order valence-corrected chi connectivity index (χ1v) is 7.47. The van der Waals surface area contributed by atoms with Gasteiger partial charge in [-0.1, -0.05) is 0 Å². The Morgan fingerprint density at radius 3 is 2.61 bits per heavy atom. The molecule has 18 heavy (non-hydrogen) atoms. The SMILES string of the molecule is OC1CCN(CC2(CNC3CC3)CCOCC2)C1. The normalized spacial score (nSPS) is 32.8. The van der Waals surface area contributed by atoms with Crippen LogP contribution in [0.25, 0.3) is 0 Å². The van der Waals surface area contributed by atoms with E-state index in [0.29, 0.717) is 5.41 Å². The minimum absolute atomic E-state index is 0.0988. The smallest absolute Gasteiger partial charge is 0.0679 e. The highest BCUT2D eigenvalue weighted by atomic mass is 16.5. The fourth-order valence-electron chi connectivity index (χ4n) is 3.27. The van der Waals surface area contributed by atoms with Crippen LogP contribution >= 0.6 is 0 Å². The molecule has 0 amide bonds. The molecule has 4 nitrogen and oxygen atoms in total. The van der Waals surface area contributed by atoms with Crippen molar-refractivity contribution in [2.75, 3.05) is 39.4 Å². The van der Waals surface area contributed by atoms with E-state index in [4.69, 9.17) is 4.74 Å². The molecule has 1 atom stereocenters. The summed E-state index contributed by atoms with van der Waals surface area (Å²) < 4.78 is 5.54. The summed E-state index contributed by atoms with van der Waals surface area (Å²) in [7, 11) is 0. The summed E-state index contributed by atoms with van der Waals surface area (Å²) >= 11 is 0. The van der Waals surface area contributed by atoms with Crippen molar-refractivity contribution in [3.8, 4) is 0 Å². The minimum Gasteiger partial charge on any atom is -0.392 e. The van der Waals surface area contributed by atoms with E-state index < -0.39 is 0 Å². The van der Waals surface area contributed by atoms with Crippen molar-refractivity contribution in [2.45, 2.75) is 44.2 Å². The quantitative estimate of drug-likeness (QED) is 0.754. The van der Waals surface area contributed by atoms with Gasteiger partial charge in [0.1, 0.15) is 0 Å². The van der Waals surface area contributed by atoms with Crippen LogP contribution in [0.15, 0.2) is 0 Å². The van der Waals surface area contributed by atoms with Gasteiger partial charge in [-0.15, -0.1) is 0 Å². The van der Waals surface area contributed by atoms with Gasteiger partial charge in [0.25, 0.3) is 0 Å². The molecule has 0 radical (unpaired) electrons. The second-order valence-corrected chi connectivity index (χ2v) is 6.45. The Labute approximate surface area is 110 Å². The van der Waals surface area contributed by atoms with E-state index in [1.165, 1.54) is 25.7 Å². The van der Waals surface area contributed by atoms with E-state index >= 15 is 0 Å². The lowest BCUT2D eigenvalue weighted by Gasteiger charge is -2.40. The summed E-state index contributed by atoms with van der Waals surface area (Å²) in [6.45, 7) is 6.01. The third-order valence-corrected chi connectivity index (χ3v) is 4.70. The Hall–Kier alpha value is -0.160. The number of aliphatic hydroxyl groups excluding tert-OH is 1. The van der Waals surface area contributed by atoms with Crippen molar-refractivity contribution in [1.82, 2.24) is 10.2 Å². The molecule has 1 saturated carbocycles. The molecule has 2 N–H and O–H groups in total. The number of ether oxygens (including phenoxy) is 1. The van der Waals surface area contributed by atoms with Crippen molar-refractivity contribution in [3.63, 3.8) is 0 Å². The van der Waals surface area contributed by atoms with Gasteiger partial charge in [0, 0.05) is 45.4 Å². The average Bonchev–Trinajstić information content (AvgIpc) is 3.12. The van der Waals surface area contributed by atoms with Gasteiger partial charge in [-0.3, -0.25) is 0 Å². The monoisotopic (exact) mass is 254 g/mol. The van der Waals surface area contributed by atoms with E-state index in [9.17, 15) is 5.11 Å². The molecule has 1 unspecified atom stereocenters. The molecule has 2 saturated heterocycles. The number of nitrogens with one attached hydrogen (secondary N) is 1. The van der Waals surface area contributed by atoms with Gasteiger partial charge in [-0.2, -0.15) is 0 Å². The molecule has 0 bridgehead atoms. The predicted octanol–water partition coefficient (Wildman–Crippen LogP) is 0.602. The van der Waals surface area contributed by atoms with Crippen LogP contribution in [0.4, 0.5) is 0 Å². The predicted molar refractivity (Wildman–Crippen MR) is 70.6 cm³/mol. The van der Waals surface area contributed by atoms with Gasteiger partial charge >= 0.3 is 0 Å². The first-order chi connectivity index (χ1) is 8.76. The number of nitrogens with zero attached hydrogens (tertiary/aromatic N) is 1. The number of rotatable bonds is 5. The van der Waals surface area contributed by atoms with Crippen LogP contribution in [-0.4, -0.2) is 61.5 Å². The zero-order valence-electron chi connectivity index (χ0n) is 11.2. The first-order valence-electron chi connectivity index (χ1n) is 7.47. The number of likely N-dealkylation sites (tertiary alicyclic amines) is 1. The molecule has 104 valence electrons. The van der Waals surface area contributed by atoms with Gasteiger partial charge in [0.15, 0.2) is 0 Å². The van der Waals surface area contributed by atoms with Gasteiger partial charge in [-0.25, -0.2) is 0 Å². The minimum atomic E-state index is -0.0988. The average molecular weight is 254 g/mol. The summed E-state index contributed by atoms with van der Waals surface area (Å²) in [4.78, 5) is 2.45. The van der Waals surface area contributed by atoms with Crippen molar-refractivity contribution in [3.05, 3.63) is 0 Å². The van der Waals surface area contributed by atoms with Crippen LogP contribution in [0, 0.1) is 5.41 Å². The van der Waals surface area contributed by atoms with Crippen molar-refractivity contribution < 1.29 is 9.84 Å². The third-order valence-electron chi connectivity index (χ3n) is 4.70. The van der Waals surface area contributed by atoms with E-state index in [1.54, 1.807) is 0 Å². The Kier molecular flexibility index (Phi) is 3.89. The van der Waals surface area contributed by atoms with Crippen molar-refractivity contribution in [2.24, 2.45) is 5.41 Å². The second kappa shape index (κ2) is 5.45. The highest BCUT2D eigenvalue weighted by Crippen LogP contribution is 2.33. The molecule has 0 spiro atoms. The van der Waals surface area contributed by atoms with Crippen LogP contribution in [0.5, 0.6) is 0 Å². The maximum atomic E-state index is 9.66. The molecule has 2 aliphatic heterocycles. The van der Waals surface area contributed by atoms with Crippen LogP contribution < -0.4 is 5.32 Å². The largest absolute Gasteiger partial charge is 0.392 e. The fourth-order valence-corrected chi connectivity index (χ4v) is 3.27. The van der Waals surface area contributed by atoms with Crippen molar-refractivity contribution in [1.29, 1.82) is 0 Å².